The van der Waals surface area contributed by atoms with E-state index in [0.29, 0.717) is 5.92 Å². The molecule has 0 aromatic carbocycles. The summed E-state index contributed by atoms with van der Waals surface area (Å²) < 4.78 is 1.96. The highest BCUT2D eigenvalue weighted by atomic mass is 16.3. The van der Waals surface area contributed by atoms with Crippen molar-refractivity contribution in [2.75, 3.05) is 0 Å². The monoisotopic (exact) mass is 222 g/mol. The van der Waals surface area contributed by atoms with Gasteiger partial charge in [-0.2, -0.15) is 5.10 Å². The van der Waals surface area contributed by atoms with Gasteiger partial charge >= 0.3 is 0 Å². The molecule has 1 saturated carbocycles. The van der Waals surface area contributed by atoms with Gasteiger partial charge in [-0.15, -0.1) is 0 Å². The topological polar surface area (TPSA) is 38.0 Å². The van der Waals surface area contributed by atoms with E-state index in [1.165, 1.54) is 31.2 Å². The summed E-state index contributed by atoms with van der Waals surface area (Å²) >= 11 is 0. The van der Waals surface area contributed by atoms with E-state index < -0.39 is 0 Å². The van der Waals surface area contributed by atoms with Crippen LogP contribution in [0.3, 0.4) is 0 Å². The van der Waals surface area contributed by atoms with E-state index in [4.69, 9.17) is 0 Å². The summed E-state index contributed by atoms with van der Waals surface area (Å²) in [5.74, 6) is 0.442. The lowest BCUT2D eigenvalue weighted by molar-refractivity contribution is 0.101. The maximum atomic E-state index is 10.0. The lowest BCUT2D eigenvalue weighted by Crippen LogP contribution is -2.20. The largest absolute Gasteiger partial charge is 0.393 e. The van der Waals surface area contributed by atoms with Crippen molar-refractivity contribution in [1.29, 1.82) is 0 Å². The van der Waals surface area contributed by atoms with E-state index in [1.807, 2.05) is 10.9 Å². The molecule has 1 aromatic heterocycles. The third-order valence-electron chi connectivity index (χ3n) is 3.63. The average Bonchev–Trinajstić information content (AvgIpc) is 2.65. The zero-order valence-electron chi connectivity index (χ0n) is 10.1. The highest BCUT2D eigenvalue weighted by Gasteiger charge is 2.22. The summed E-state index contributed by atoms with van der Waals surface area (Å²) in [6, 6.07) is 0. The molecule has 1 fully saturated rings. The van der Waals surface area contributed by atoms with Crippen LogP contribution in [-0.4, -0.2) is 21.0 Å². The van der Waals surface area contributed by atoms with Crippen molar-refractivity contribution in [1.82, 2.24) is 9.78 Å². The van der Waals surface area contributed by atoms with Crippen molar-refractivity contribution < 1.29 is 5.11 Å². The van der Waals surface area contributed by atoms with Crippen molar-refractivity contribution in [2.24, 2.45) is 5.92 Å². The molecule has 1 aliphatic rings. The number of aryl methyl sites for hydroxylation is 1. The molecule has 3 heteroatoms. The number of aliphatic hydroxyl groups excluding tert-OH is 1. The van der Waals surface area contributed by atoms with Crippen molar-refractivity contribution >= 4 is 0 Å². The normalized spacial score (nSPS) is 26.6. The van der Waals surface area contributed by atoms with Crippen LogP contribution in [0.15, 0.2) is 12.4 Å². The Labute approximate surface area is 97.5 Å². The van der Waals surface area contributed by atoms with Crippen molar-refractivity contribution in [3.05, 3.63) is 18.0 Å². The minimum absolute atomic E-state index is 0.104. The highest BCUT2D eigenvalue weighted by Crippen LogP contribution is 2.26. The number of hydrogen-bond donors (Lipinski definition) is 1. The molecule has 0 aliphatic heterocycles. The molecule has 0 amide bonds. The van der Waals surface area contributed by atoms with Crippen LogP contribution in [0.2, 0.25) is 0 Å². The van der Waals surface area contributed by atoms with Gasteiger partial charge in [0.05, 0.1) is 12.3 Å². The van der Waals surface area contributed by atoms with Crippen LogP contribution in [-0.2, 0) is 13.0 Å². The molecule has 2 atom stereocenters. The molecule has 1 heterocycles. The van der Waals surface area contributed by atoms with Gasteiger partial charge < -0.3 is 5.11 Å². The van der Waals surface area contributed by atoms with Crippen LogP contribution in [0.5, 0.6) is 0 Å². The fourth-order valence-electron chi connectivity index (χ4n) is 2.59. The van der Waals surface area contributed by atoms with E-state index in [9.17, 15) is 5.11 Å². The number of rotatable bonds is 3. The van der Waals surface area contributed by atoms with Gasteiger partial charge in [-0.3, -0.25) is 4.68 Å². The fraction of sp³-hybridized carbons (Fsp3) is 0.769. The van der Waals surface area contributed by atoms with Crippen LogP contribution in [0, 0.1) is 5.92 Å². The Kier molecular flexibility index (Phi) is 3.99. The summed E-state index contributed by atoms with van der Waals surface area (Å²) in [5.41, 5.74) is 1.27. The van der Waals surface area contributed by atoms with Crippen molar-refractivity contribution in [3.8, 4) is 0 Å². The molecule has 3 nitrogen and oxygen atoms in total. The van der Waals surface area contributed by atoms with Crippen LogP contribution >= 0.6 is 0 Å². The van der Waals surface area contributed by atoms with Gasteiger partial charge in [0.1, 0.15) is 0 Å². The van der Waals surface area contributed by atoms with E-state index >= 15 is 0 Å². The van der Waals surface area contributed by atoms with Crippen LogP contribution in [0.4, 0.5) is 0 Å². The summed E-state index contributed by atoms with van der Waals surface area (Å²) in [6.45, 7) is 3.02. The Morgan fingerprint density at radius 2 is 2.19 bits per heavy atom. The predicted octanol–water partition coefficient (Wildman–Crippen LogP) is 2.39. The second kappa shape index (κ2) is 5.48. The van der Waals surface area contributed by atoms with Gasteiger partial charge in [0.2, 0.25) is 0 Å². The van der Waals surface area contributed by atoms with E-state index in [1.54, 1.807) is 0 Å². The quantitative estimate of drug-likeness (QED) is 0.797. The fourth-order valence-corrected chi connectivity index (χ4v) is 2.59. The van der Waals surface area contributed by atoms with E-state index in [2.05, 4.69) is 18.2 Å². The summed E-state index contributed by atoms with van der Waals surface area (Å²) in [5, 5.41) is 14.3. The summed E-state index contributed by atoms with van der Waals surface area (Å²) in [7, 11) is 0. The Morgan fingerprint density at radius 3 is 2.94 bits per heavy atom. The van der Waals surface area contributed by atoms with E-state index in [-0.39, 0.29) is 6.10 Å². The third kappa shape index (κ3) is 2.85. The van der Waals surface area contributed by atoms with Gasteiger partial charge in [0, 0.05) is 12.7 Å². The number of nitrogens with zero attached hydrogens (tertiary/aromatic N) is 2. The van der Waals surface area contributed by atoms with Crippen LogP contribution < -0.4 is 0 Å². The maximum Gasteiger partial charge on any atom is 0.0571 e. The molecule has 1 aliphatic carbocycles. The minimum atomic E-state index is -0.104. The van der Waals surface area contributed by atoms with Crippen molar-refractivity contribution in [2.45, 2.75) is 58.1 Å². The smallest absolute Gasteiger partial charge is 0.0571 e. The first-order valence-electron chi connectivity index (χ1n) is 6.49. The predicted molar refractivity (Wildman–Crippen MR) is 64.2 cm³/mol. The molecular formula is C13H22N2O. The molecule has 90 valence electrons. The van der Waals surface area contributed by atoms with Crippen molar-refractivity contribution in [3.63, 3.8) is 0 Å². The Morgan fingerprint density at radius 1 is 1.38 bits per heavy atom. The molecule has 0 bridgehead atoms. The SMILES string of the molecule is CCn1cc(CC2CCCCCC2O)cn1. The van der Waals surface area contributed by atoms with Gasteiger partial charge in [-0.1, -0.05) is 19.3 Å². The third-order valence-corrected chi connectivity index (χ3v) is 3.63. The second-order valence-corrected chi connectivity index (χ2v) is 4.87. The van der Waals surface area contributed by atoms with Gasteiger partial charge in [0.15, 0.2) is 0 Å². The molecule has 2 unspecified atom stereocenters. The van der Waals surface area contributed by atoms with Crippen LogP contribution in [0.25, 0.3) is 0 Å². The summed E-state index contributed by atoms with van der Waals surface area (Å²) in [6.07, 6.45) is 10.8. The molecule has 2 rings (SSSR count). The first-order chi connectivity index (χ1) is 7.79. The zero-order chi connectivity index (χ0) is 11.4. The number of hydrogen-bond acceptors (Lipinski definition) is 2. The second-order valence-electron chi connectivity index (χ2n) is 4.87. The maximum absolute atomic E-state index is 10.0. The number of aliphatic hydroxyl groups is 1. The Bertz CT molecular complexity index is 321. The lowest BCUT2D eigenvalue weighted by atomic mass is 9.91. The van der Waals surface area contributed by atoms with Gasteiger partial charge in [0.25, 0.3) is 0 Å². The molecule has 16 heavy (non-hydrogen) atoms. The highest BCUT2D eigenvalue weighted by molar-refractivity contribution is 5.05. The molecule has 1 aromatic rings. The average molecular weight is 222 g/mol. The molecular weight excluding hydrogens is 200 g/mol. The molecule has 0 spiro atoms. The van der Waals surface area contributed by atoms with Crippen LogP contribution in [0.1, 0.15) is 44.6 Å². The van der Waals surface area contributed by atoms with E-state index in [0.717, 1.165) is 19.4 Å². The first kappa shape index (κ1) is 11.6. The molecule has 0 saturated heterocycles. The Balaban J connectivity index is 1.96. The lowest BCUT2D eigenvalue weighted by Gasteiger charge is -2.19. The van der Waals surface area contributed by atoms with Gasteiger partial charge in [-0.05, 0) is 37.7 Å². The molecule has 0 radical (unpaired) electrons. The molecule has 1 N–H and O–H groups in total. The first-order valence-corrected chi connectivity index (χ1v) is 6.49. The summed E-state index contributed by atoms with van der Waals surface area (Å²) in [4.78, 5) is 0. The number of aromatic nitrogens is 2. The van der Waals surface area contributed by atoms with Gasteiger partial charge in [-0.25, -0.2) is 0 Å². The zero-order valence-corrected chi connectivity index (χ0v) is 10.1. The minimum Gasteiger partial charge on any atom is -0.393 e. The standard InChI is InChI=1S/C13H22N2O/c1-2-15-10-11(9-14-15)8-12-6-4-3-5-7-13(12)16/h9-10,12-13,16H,2-8H2,1H3. The Hall–Kier alpha value is -0.830.